The molecule has 0 saturated heterocycles. The van der Waals surface area contributed by atoms with Gasteiger partial charge in [0.2, 0.25) is 5.91 Å². The highest BCUT2D eigenvalue weighted by molar-refractivity contribution is 6.31. The van der Waals surface area contributed by atoms with E-state index in [1.165, 1.54) is 0 Å². The molecule has 5 nitrogen and oxygen atoms in total. The van der Waals surface area contributed by atoms with E-state index in [1.54, 1.807) is 19.1 Å². The van der Waals surface area contributed by atoms with Crippen LogP contribution in [0.3, 0.4) is 0 Å². The van der Waals surface area contributed by atoms with Gasteiger partial charge < -0.3 is 14.4 Å². The Labute approximate surface area is 187 Å². The lowest BCUT2D eigenvalue weighted by atomic mass is 9.82. The lowest BCUT2D eigenvalue weighted by molar-refractivity contribution is -0.117. The molecule has 4 rings (SSSR count). The largest absolute Gasteiger partial charge is 0.497 e. The molecule has 1 amide bonds. The lowest BCUT2D eigenvalue weighted by Gasteiger charge is -2.27. The quantitative estimate of drug-likeness (QED) is 0.660. The van der Waals surface area contributed by atoms with Gasteiger partial charge in [0.05, 0.1) is 32.2 Å². The number of fused-ring (bicyclic) bond motifs is 1. The predicted molar refractivity (Wildman–Crippen MR) is 124 cm³/mol. The number of ether oxygens (including phenoxy) is 2. The van der Waals surface area contributed by atoms with Crippen LogP contribution in [-0.4, -0.2) is 32.4 Å². The molecule has 1 aliphatic heterocycles. The molecule has 0 saturated carbocycles. The van der Waals surface area contributed by atoms with Gasteiger partial charge in [0, 0.05) is 16.5 Å². The maximum atomic E-state index is 13.1. The number of carbonyl (C=O) groups is 1. The van der Waals surface area contributed by atoms with Crippen LogP contribution in [0.2, 0.25) is 5.02 Å². The van der Waals surface area contributed by atoms with Crippen molar-refractivity contribution in [1.29, 1.82) is 0 Å². The van der Waals surface area contributed by atoms with Crippen molar-refractivity contribution in [2.45, 2.75) is 13.5 Å². The first-order valence-electron chi connectivity index (χ1n) is 10.2. The third kappa shape index (κ3) is 4.37. The SMILES string of the molecule is COC1=CC(C)C(C2=NCC(=O)N(Cc3ccc(OC)cc3)c3ccc(Cl)cc32)C=C1. The van der Waals surface area contributed by atoms with Crippen LogP contribution in [0.5, 0.6) is 5.75 Å². The molecule has 0 spiro atoms. The number of carbonyl (C=O) groups excluding carboxylic acids is 1. The number of hydrogen-bond acceptors (Lipinski definition) is 4. The Bertz CT molecular complexity index is 1070. The number of aliphatic imine (C=N–C) groups is 1. The average molecular weight is 437 g/mol. The van der Waals surface area contributed by atoms with E-state index in [1.807, 2.05) is 48.5 Å². The summed E-state index contributed by atoms with van der Waals surface area (Å²) in [5.41, 5.74) is 3.60. The van der Waals surface area contributed by atoms with Gasteiger partial charge in [0.15, 0.2) is 0 Å². The molecule has 160 valence electrons. The Balaban J connectivity index is 1.72. The number of amides is 1. The van der Waals surface area contributed by atoms with Gasteiger partial charge in [-0.05, 0) is 54.0 Å². The normalized spacial score (nSPS) is 20.5. The third-order valence-corrected chi connectivity index (χ3v) is 5.96. The second kappa shape index (κ2) is 8.98. The van der Waals surface area contributed by atoms with Crippen LogP contribution in [0, 0.1) is 11.8 Å². The molecule has 31 heavy (non-hydrogen) atoms. The van der Waals surface area contributed by atoms with Gasteiger partial charge in [-0.3, -0.25) is 9.79 Å². The minimum absolute atomic E-state index is 0.0323. The minimum Gasteiger partial charge on any atom is -0.497 e. The summed E-state index contributed by atoms with van der Waals surface area (Å²) < 4.78 is 10.6. The van der Waals surface area contributed by atoms with Gasteiger partial charge >= 0.3 is 0 Å². The first-order valence-corrected chi connectivity index (χ1v) is 10.6. The molecule has 0 radical (unpaired) electrons. The smallest absolute Gasteiger partial charge is 0.248 e. The van der Waals surface area contributed by atoms with E-state index in [9.17, 15) is 4.79 Å². The van der Waals surface area contributed by atoms with Crippen LogP contribution in [0.1, 0.15) is 18.1 Å². The molecular weight excluding hydrogens is 412 g/mol. The zero-order chi connectivity index (χ0) is 22.0. The molecule has 1 aliphatic carbocycles. The first kappa shape index (κ1) is 21.2. The topological polar surface area (TPSA) is 51.1 Å². The maximum Gasteiger partial charge on any atom is 0.248 e. The fraction of sp³-hybridized carbons (Fsp3) is 0.280. The lowest BCUT2D eigenvalue weighted by Crippen LogP contribution is -2.32. The molecular formula is C25H25ClN2O3. The summed E-state index contributed by atoms with van der Waals surface area (Å²) in [6.07, 6.45) is 6.13. The van der Waals surface area contributed by atoms with Crippen molar-refractivity contribution in [2.75, 3.05) is 25.7 Å². The second-order valence-electron chi connectivity index (χ2n) is 7.71. The highest BCUT2D eigenvalue weighted by Crippen LogP contribution is 2.35. The van der Waals surface area contributed by atoms with Crippen molar-refractivity contribution in [3.63, 3.8) is 0 Å². The first-order chi connectivity index (χ1) is 15.0. The fourth-order valence-electron chi connectivity index (χ4n) is 4.05. The molecule has 2 aromatic rings. The number of methoxy groups -OCH3 is 2. The maximum absolute atomic E-state index is 13.1. The molecule has 2 aromatic carbocycles. The standard InChI is InChI=1S/C25H25ClN2O3/c1-16-12-20(31-3)9-10-21(16)25-22-13-18(26)6-11-23(22)28(24(29)14-27-25)15-17-4-7-19(30-2)8-5-17/h4-13,16,21H,14-15H2,1-3H3. The van der Waals surface area contributed by atoms with Crippen molar-refractivity contribution in [1.82, 2.24) is 0 Å². The molecule has 6 heteroatoms. The van der Waals surface area contributed by atoms with Crippen molar-refractivity contribution in [3.8, 4) is 5.75 Å². The summed E-state index contributed by atoms with van der Waals surface area (Å²) in [6.45, 7) is 2.67. The number of benzene rings is 2. The summed E-state index contributed by atoms with van der Waals surface area (Å²) in [5, 5.41) is 0.616. The summed E-state index contributed by atoms with van der Waals surface area (Å²) >= 11 is 6.37. The van der Waals surface area contributed by atoms with Gasteiger partial charge in [-0.25, -0.2) is 0 Å². The Morgan fingerprint density at radius 3 is 2.58 bits per heavy atom. The number of benzodiazepines with no additional fused rings is 1. The van der Waals surface area contributed by atoms with Crippen molar-refractivity contribution < 1.29 is 14.3 Å². The Kier molecular flexibility index (Phi) is 6.14. The fourth-order valence-corrected chi connectivity index (χ4v) is 4.22. The number of hydrogen-bond donors (Lipinski definition) is 0. The summed E-state index contributed by atoms with van der Waals surface area (Å²) in [5.74, 6) is 1.78. The molecule has 0 bridgehead atoms. The van der Waals surface area contributed by atoms with Gasteiger partial charge in [0.25, 0.3) is 0 Å². The summed E-state index contributed by atoms with van der Waals surface area (Å²) in [7, 11) is 3.30. The van der Waals surface area contributed by atoms with Crippen LogP contribution < -0.4 is 9.64 Å². The number of halogens is 1. The van der Waals surface area contributed by atoms with Crippen molar-refractivity contribution >= 4 is 28.9 Å². The van der Waals surface area contributed by atoms with Crippen LogP contribution in [0.25, 0.3) is 0 Å². The van der Waals surface area contributed by atoms with E-state index in [-0.39, 0.29) is 24.3 Å². The second-order valence-corrected chi connectivity index (χ2v) is 8.14. The number of anilines is 1. The van der Waals surface area contributed by atoms with E-state index in [2.05, 4.69) is 19.1 Å². The van der Waals surface area contributed by atoms with E-state index in [4.69, 9.17) is 26.1 Å². The monoisotopic (exact) mass is 436 g/mol. The van der Waals surface area contributed by atoms with E-state index in [0.29, 0.717) is 11.6 Å². The summed E-state index contributed by atoms with van der Waals surface area (Å²) in [4.78, 5) is 19.7. The number of nitrogens with zero attached hydrogens (tertiary/aromatic N) is 2. The van der Waals surface area contributed by atoms with Gasteiger partial charge in [-0.15, -0.1) is 0 Å². The third-order valence-electron chi connectivity index (χ3n) is 5.72. The zero-order valence-electron chi connectivity index (χ0n) is 17.8. The van der Waals surface area contributed by atoms with Crippen LogP contribution in [0.4, 0.5) is 5.69 Å². The molecule has 0 N–H and O–H groups in total. The zero-order valence-corrected chi connectivity index (χ0v) is 18.6. The Hall–Kier alpha value is -3.05. The number of rotatable bonds is 5. The van der Waals surface area contributed by atoms with E-state index < -0.39 is 0 Å². The summed E-state index contributed by atoms with van der Waals surface area (Å²) in [6, 6.07) is 13.4. The molecule has 0 fully saturated rings. The predicted octanol–water partition coefficient (Wildman–Crippen LogP) is 5.04. The van der Waals surface area contributed by atoms with Gasteiger partial charge in [-0.1, -0.05) is 36.7 Å². The van der Waals surface area contributed by atoms with Crippen LogP contribution in [0.15, 0.2) is 71.4 Å². The number of allylic oxidation sites excluding steroid dienone is 3. The van der Waals surface area contributed by atoms with Gasteiger partial charge in [0.1, 0.15) is 18.1 Å². The molecule has 2 atom stereocenters. The van der Waals surface area contributed by atoms with Crippen LogP contribution >= 0.6 is 11.6 Å². The highest BCUT2D eigenvalue weighted by atomic mass is 35.5. The average Bonchev–Trinajstić information content (AvgIpc) is 2.91. The molecule has 1 heterocycles. The molecule has 2 aliphatic rings. The molecule has 0 aromatic heterocycles. The van der Waals surface area contributed by atoms with E-state index in [0.717, 1.165) is 34.0 Å². The Morgan fingerprint density at radius 1 is 1.13 bits per heavy atom. The van der Waals surface area contributed by atoms with Gasteiger partial charge in [-0.2, -0.15) is 0 Å². The van der Waals surface area contributed by atoms with Crippen LogP contribution in [-0.2, 0) is 16.1 Å². The van der Waals surface area contributed by atoms with Crippen molar-refractivity contribution in [2.24, 2.45) is 16.8 Å². The highest BCUT2D eigenvalue weighted by Gasteiger charge is 2.31. The van der Waals surface area contributed by atoms with Crippen molar-refractivity contribution in [3.05, 3.63) is 82.6 Å². The Morgan fingerprint density at radius 2 is 1.90 bits per heavy atom. The van der Waals surface area contributed by atoms with E-state index >= 15 is 0 Å². The molecule has 2 unspecified atom stereocenters. The minimum atomic E-state index is -0.0463.